The maximum atomic E-state index is 12.1. The highest BCUT2D eigenvalue weighted by Crippen LogP contribution is 2.28. The monoisotopic (exact) mass is 368 g/mol. The van der Waals surface area contributed by atoms with Crippen molar-refractivity contribution in [3.63, 3.8) is 0 Å². The number of hydrogen-bond acceptors (Lipinski definition) is 5. The summed E-state index contributed by atoms with van der Waals surface area (Å²) in [5.74, 6) is 1.51. The molecule has 0 saturated carbocycles. The van der Waals surface area contributed by atoms with Crippen molar-refractivity contribution < 1.29 is 9.53 Å². The Kier molecular flexibility index (Phi) is 5.91. The number of para-hydroxylation sites is 2. The molecule has 0 aliphatic rings. The first-order chi connectivity index (χ1) is 12.7. The summed E-state index contributed by atoms with van der Waals surface area (Å²) in [6.45, 7) is 4.47. The van der Waals surface area contributed by atoms with Crippen LogP contribution in [0.3, 0.4) is 0 Å². The van der Waals surface area contributed by atoms with E-state index in [0.29, 0.717) is 17.6 Å². The van der Waals surface area contributed by atoms with E-state index in [1.807, 2.05) is 62.4 Å². The van der Waals surface area contributed by atoms with Crippen molar-refractivity contribution in [1.82, 2.24) is 15.2 Å². The number of thioether (sulfide) groups is 1. The molecule has 134 valence electrons. The van der Waals surface area contributed by atoms with Crippen molar-refractivity contribution in [2.24, 2.45) is 0 Å². The van der Waals surface area contributed by atoms with Gasteiger partial charge in [0, 0.05) is 5.69 Å². The van der Waals surface area contributed by atoms with E-state index in [2.05, 4.69) is 20.5 Å². The lowest BCUT2D eigenvalue weighted by molar-refractivity contribution is -0.113. The number of nitrogens with zero attached hydrogens (tertiary/aromatic N) is 2. The van der Waals surface area contributed by atoms with Gasteiger partial charge >= 0.3 is 0 Å². The summed E-state index contributed by atoms with van der Waals surface area (Å²) in [6.07, 6.45) is 0. The average molecular weight is 368 g/mol. The molecule has 0 fully saturated rings. The third-order valence-electron chi connectivity index (χ3n) is 3.66. The molecular weight excluding hydrogens is 348 g/mol. The van der Waals surface area contributed by atoms with Gasteiger partial charge in [0.2, 0.25) is 11.1 Å². The van der Waals surface area contributed by atoms with Gasteiger partial charge in [-0.3, -0.25) is 9.89 Å². The predicted molar refractivity (Wildman–Crippen MR) is 104 cm³/mol. The van der Waals surface area contributed by atoms with Crippen molar-refractivity contribution in [2.45, 2.75) is 19.0 Å². The van der Waals surface area contributed by atoms with Crippen LogP contribution in [0.1, 0.15) is 12.5 Å². The molecule has 26 heavy (non-hydrogen) atoms. The molecular formula is C19H20N4O2S. The molecule has 0 aliphatic carbocycles. The fraction of sp³-hybridized carbons (Fsp3) is 0.211. The Bertz CT molecular complexity index is 895. The van der Waals surface area contributed by atoms with Gasteiger partial charge in [-0.2, -0.15) is 0 Å². The van der Waals surface area contributed by atoms with E-state index in [1.54, 1.807) is 0 Å². The first kappa shape index (κ1) is 18.0. The van der Waals surface area contributed by atoms with Crippen LogP contribution in [0.25, 0.3) is 11.4 Å². The van der Waals surface area contributed by atoms with Gasteiger partial charge < -0.3 is 10.1 Å². The van der Waals surface area contributed by atoms with Crippen LogP contribution in [0.5, 0.6) is 5.75 Å². The van der Waals surface area contributed by atoms with Crippen molar-refractivity contribution in [3.8, 4) is 17.1 Å². The highest BCUT2D eigenvalue weighted by Gasteiger charge is 2.12. The van der Waals surface area contributed by atoms with Crippen LogP contribution in [0, 0.1) is 6.92 Å². The lowest BCUT2D eigenvalue weighted by Gasteiger charge is -2.07. The number of aromatic amines is 1. The maximum absolute atomic E-state index is 12.1. The highest BCUT2D eigenvalue weighted by atomic mass is 32.2. The number of benzene rings is 2. The van der Waals surface area contributed by atoms with Crippen molar-refractivity contribution in [3.05, 3.63) is 54.1 Å². The lowest BCUT2D eigenvalue weighted by Crippen LogP contribution is -2.14. The standard InChI is InChI=1S/C19H20N4O2S/c1-3-25-16-11-7-5-9-14(16)18-21-19(23-22-18)26-12-17(24)20-15-10-6-4-8-13(15)2/h4-11H,3,12H2,1-2H3,(H,20,24)(H,21,22,23). The van der Waals surface area contributed by atoms with E-state index < -0.39 is 0 Å². The Morgan fingerprint density at radius 3 is 2.77 bits per heavy atom. The van der Waals surface area contributed by atoms with E-state index in [4.69, 9.17) is 4.74 Å². The number of anilines is 1. The molecule has 3 aromatic rings. The number of aromatic nitrogens is 3. The molecule has 0 aliphatic heterocycles. The minimum absolute atomic E-state index is 0.0923. The maximum Gasteiger partial charge on any atom is 0.234 e. The number of amides is 1. The van der Waals surface area contributed by atoms with E-state index in [0.717, 1.165) is 22.6 Å². The van der Waals surface area contributed by atoms with Crippen LogP contribution < -0.4 is 10.1 Å². The molecule has 2 aromatic carbocycles. The SMILES string of the molecule is CCOc1ccccc1-c1nc(SCC(=O)Nc2ccccc2C)n[nH]1. The predicted octanol–water partition coefficient (Wildman–Crippen LogP) is 3.91. The molecule has 2 N–H and O–H groups in total. The highest BCUT2D eigenvalue weighted by molar-refractivity contribution is 7.99. The zero-order chi connectivity index (χ0) is 18.4. The summed E-state index contributed by atoms with van der Waals surface area (Å²) in [5.41, 5.74) is 2.69. The molecule has 0 atom stereocenters. The van der Waals surface area contributed by atoms with E-state index in [1.165, 1.54) is 11.8 Å². The summed E-state index contributed by atoms with van der Waals surface area (Å²) in [4.78, 5) is 16.6. The largest absolute Gasteiger partial charge is 0.493 e. The molecule has 3 rings (SSSR count). The van der Waals surface area contributed by atoms with E-state index in [-0.39, 0.29) is 11.7 Å². The molecule has 0 bridgehead atoms. The quantitative estimate of drug-likeness (QED) is 0.618. The molecule has 1 heterocycles. The lowest BCUT2D eigenvalue weighted by atomic mass is 10.2. The Labute approximate surface area is 156 Å². The number of carbonyl (C=O) groups is 1. The Morgan fingerprint density at radius 1 is 1.19 bits per heavy atom. The number of rotatable bonds is 7. The number of ether oxygens (including phenoxy) is 1. The molecule has 0 spiro atoms. The topological polar surface area (TPSA) is 79.9 Å². The molecule has 1 aromatic heterocycles. The smallest absolute Gasteiger partial charge is 0.234 e. The number of carbonyl (C=O) groups excluding carboxylic acids is 1. The number of hydrogen-bond donors (Lipinski definition) is 2. The van der Waals surface area contributed by atoms with E-state index in [9.17, 15) is 4.79 Å². The second-order valence-electron chi connectivity index (χ2n) is 5.55. The van der Waals surface area contributed by atoms with Crippen molar-refractivity contribution in [2.75, 3.05) is 17.7 Å². The molecule has 6 nitrogen and oxygen atoms in total. The normalized spacial score (nSPS) is 10.5. The van der Waals surface area contributed by atoms with Gasteiger partial charge in [-0.25, -0.2) is 4.98 Å². The fourth-order valence-electron chi connectivity index (χ4n) is 2.40. The average Bonchev–Trinajstić information content (AvgIpc) is 3.12. The van der Waals surface area contributed by atoms with Crippen LogP contribution in [-0.4, -0.2) is 33.4 Å². The van der Waals surface area contributed by atoms with Crippen LogP contribution in [-0.2, 0) is 4.79 Å². The third kappa shape index (κ3) is 4.43. The van der Waals surface area contributed by atoms with Gasteiger partial charge in [-0.05, 0) is 37.6 Å². The summed E-state index contributed by atoms with van der Waals surface area (Å²) in [6, 6.07) is 15.3. The fourth-order valence-corrected chi connectivity index (χ4v) is 3.00. The van der Waals surface area contributed by atoms with Gasteiger partial charge in [-0.1, -0.05) is 42.1 Å². The minimum Gasteiger partial charge on any atom is -0.493 e. The van der Waals surface area contributed by atoms with Crippen LogP contribution >= 0.6 is 11.8 Å². The second-order valence-corrected chi connectivity index (χ2v) is 6.49. The van der Waals surface area contributed by atoms with E-state index >= 15 is 0 Å². The van der Waals surface area contributed by atoms with Crippen molar-refractivity contribution in [1.29, 1.82) is 0 Å². The number of H-pyrrole nitrogens is 1. The van der Waals surface area contributed by atoms with Crippen LogP contribution in [0.2, 0.25) is 0 Å². The summed E-state index contributed by atoms with van der Waals surface area (Å²) < 4.78 is 5.62. The molecule has 7 heteroatoms. The molecule has 0 radical (unpaired) electrons. The van der Waals surface area contributed by atoms with Gasteiger partial charge in [0.25, 0.3) is 0 Å². The summed E-state index contributed by atoms with van der Waals surface area (Å²) in [7, 11) is 0. The summed E-state index contributed by atoms with van der Waals surface area (Å²) >= 11 is 1.28. The van der Waals surface area contributed by atoms with Crippen LogP contribution in [0.4, 0.5) is 5.69 Å². The Balaban J connectivity index is 1.62. The van der Waals surface area contributed by atoms with Gasteiger partial charge in [-0.15, -0.1) is 5.10 Å². The van der Waals surface area contributed by atoms with Gasteiger partial charge in [0.05, 0.1) is 17.9 Å². The van der Waals surface area contributed by atoms with Crippen LogP contribution in [0.15, 0.2) is 53.7 Å². The Morgan fingerprint density at radius 2 is 1.96 bits per heavy atom. The molecule has 0 saturated heterocycles. The molecule has 0 unspecified atom stereocenters. The zero-order valence-electron chi connectivity index (χ0n) is 14.7. The minimum atomic E-state index is -0.0923. The third-order valence-corrected chi connectivity index (χ3v) is 4.51. The number of aryl methyl sites for hydroxylation is 1. The van der Waals surface area contributed by atoms with Crippen molar-refractivity contribution >= 4 is 23.4 Å². The van der Waals surface area contributed by atoms with Gasteiger partial charge in [0.1, 0.15) is 5.75 Å². The Hall–Kier alpha value is -2.80. The number of nitrogens with one attached hydrogen (secondary N) is 2. The summed E-state index contributed by atoms with van der Waals surface area (Å²) in [5, 5.41) is 10.5. The first-order valence-corrected chi connectivity index (χ1v) is 9.29. The second kappa shape index (κ2) is 8.53. The first-order valence-electron chi connectivity index (χ1n) is 8.30. The zero-order valence-corrected chi connectivity index (χ0v) is 15.5. The van der Waals surface area contributed by atoms with Gasteiger partial charge in [0.15, 0.2) is 5.82 Å². The molecule has 1 amide bonds.